The SMILES string of the molecule is Cc1cc(-c2ccc(Nc3cc(CC(=O)C4CC4(F)F)nc4c3N=C(C(F)F)C4)c(S(C)(=O)=O)c2)nn1C. The van der Waals surface area contributed by atoms with Gasteiger partial charge in [0, 0.05) is 43.8 Å². The summed E-state index contributed by atoms with van der Waals surface area (Å²) >= 11 is 0. The van der Waals surface area contributed by atoms with Crippen LogP contribution in [0.15, 0.2) is 40.2 Å². The van der Waals surface area contributed by atoms with Crippen molar-refractivity contribution >= 4 is 38.4 Å². The topological polar surface area (TPSA) is 106 Å². The summed E-state index contributed by atoms with van der Waals surface area (Å²) in [5.41, 5.74) is 2.17. The van der Waals surface area contributed by atoms with Crippen LogP contribution in [0.25, 0.3) is 11.3 Å². The summed E-state index contributed by atoms with van der Waals surface area (Å²) in [4.78, 5) is 20.5. The predicted molar refractivity (Wildman–Crippen MR) is 133 cm³/mol. The first-order chi connectivity index (χ1) is 17.7. The smallest absolute Gasteiger partial charge is 0.277 e. The van der Waals surface area contributed by atoms with Gasteiger partial charge in [-0.05, 0) is 31.2 Å². The minimum absolute atomic E-state index is 0.0739. The zero-order valence-corrected chi connectivity index (χ0v) is 21.4. The molecule has 1 unspecified atom stereocenters. The molecule has 5 rings (SSSR count). The monoisotopic (exact) mass is 549 g/mol. The number of rotatable bonds is 8. The Morgan fingerprint density at radius 3 is 2.50 bits per heavy atom. The molecule has 1 saturated carbocycles. The van der Waals surface area contributed by atoms with E-state index in [4.69, 9.17) is 0 Å². The van der Waals surface area contributed by atoms with Crippen molar-refractivity contribution in [3.63, 3.8) is 0 Å². The highest BCUT2D eigenvalue weighted by Gasteiger charge is 2.60. The fourth-order valence-electron chi connectivity index (χ4n) is 4.37. The number of nitrogens with zero attached hydrogens (tertiary/aromatic N) is 4. The van der Waals surface area contributed by atoms with Crippen LogP contribution in [0.3, 0.4) is 0 Å². The highest BCUT2D eigenvalue weighted by molar-refractivity contribution is 7.90. The van der Waals surface area contributed by atoms with Crippen molar-refractivity contribution in [2.75, 3.05) is 11.6 Å². The van der Waals surface area contributed by atoms with Crippen LogP contribution in [-0.4, -0.2) is 53.3 Å². The van der Waals surface area contributed by atoms with Crippen LogP contribution < -0.4 is 5.32 Å². The van der Waals surface area contributed by atoms with Gasteiger partial charge in [-0.1, -0.05) is 6.07 Å². The number of halogens is 4. The van der Waals surface area contributed by atoms with Crippen molar-refractivity contribution in [2.24, 2.45) is 18.0 Å². The first-order valence-corrected chi connectivity index (χ1v) is 13.5. The summed E-state index contributed by atoms with van der Waals surface area (Å²) < 4.78 is 80.7. The molecular formula is C25H23F4N5O3S. The molecule has 1 aliphatic carbocycles. The molecule has 0 spiro atoms. The molecule has 2 aromatic heterocycles. The number of carbonyl (C=O) groups excluding carboxylic acids is 1. The van der Waals surface area contributed by atoms with Crippen LogP contribution in [0.2, 0.25) is 0 Å². The van der Waals surface area contributed by atoms with Crippen LogP contribution >= 0.6 is 0 Å². The molecule has 3 aromatic rings. The Morgan fingerprint density at radius 2 is 1.92 bits per heavy atom. The molecule has 1 fully saturated rings. The maximum Gasteiger partial charge on any atom is 0.277 e. The lowest BCUT2D eigenvalue weighted by Gasteiger charge is -2.15. The van der Waals surface area contributed by atoms with Crippen LogP contribution in [0.4, 0.5) is 34.6 Å². The maximum atomic E-state index is 13.4. The van der Waals surface area contributed by atoms with Crippen molar-refractivity contribution in [3.05, 3.63) is 47.4 Å². The number of Topliss-reactive ketones (excluding diaryl/α,β-unsaturated/α-hetero) is 1. The molecule has 0 saturated heterocycles. The number of alkyl halides is 4. The average Bonchev–Trinajstić information content (AvgIpc) is 3.12. The normalized spacial score (nSPS) is 17.9. The van der Waals surface area contributed by atoms with Gasteiger partial charge in [0.25, 0.3) is 12.3 Å². The van der Waals surface area contributed by atoms with E-state index >= 15 is 0 Å². The van der Waals surface area contributed by atoms with E-state index in [9.17, 15) is 30.8 Å². The zero-order chi connectivity index (χ0) is 27.6. The Labute approximate surface area is 215 Å². The maximum absolute atomic E-state index is 13.4. The quantitative estimate of drug-likeness (QED) is 0.412. The predicted octanol–water partition coefficient (Wildman–Crippen LogP) is 4.60. The summed E-state index contributed by atoms with van der Waals surface area (Å²) in [6, 6.07) is 7.79. The fraction of sp³-hybridized carbons (Fsp3) is 0.360. The largest absolute Gasteiger partial charge is 0.353 e. The molecule has 3 heterocycles. The number of hydrogen-bond acceptors (Lipinski definition) is 7. The number of sulfone groups is 1. The lowest BCUT2D eigenvalue weighted by molar-refractivity contribution is -0.121. The van der Waals surface area contributed by atoms with E-state index in [0.717, 1.165) is 11.9 Å². The summed E-state index contributed by atoms with van der Waals surface area (Å²) in [6.45, 7) is 1.86. The molecule has 0 radical (unpaired) electrons. The molecule has 38 heavy (non-hydrogen) atoms. The van der Waals surface area contributed by atoms with E-state index in [0.29, 0.717) is 11.3 Å². The van der Waals surface area contributed by atoms with E-state index in [1.807, 2.05) is 6.92 Å². The summed E-state index contributed by atoms with van der Waals surface area (Å²) in [5.74, 6) is -5.13. The van der Waals surface area contributed by atoms with Gasteiger partial charge < -0.3 is 5.32 Å². The third-order valence-electron chi connectivity index (χ3n) is 6.60. The molecule has 2 aliphatic rings. The van der Waals surface area contributed by atoms with Crippen LogP contribution in [-0.2, 0) is 34.5 Å². The molecule has 0 amide bonds. The number of benzene rings is 1. The second-order valence-corrected chi connectivity index (χ2v) is 11.6. The first-order valence-electron chi connectivity index (χ1n) is 11.6. The van der Waals surface area contributed by atoms with Gasteiger partial charge in [0.2, 0.25) is 0 Å². The van der Waals surface area contributed by atoms with E-state index in [2.05, 4.69) is 20.4 Å². The fourth-order valence-corrected chi connectivity index (χ4v) is 5.23. The van der Waals surface area contributed by atoms with E-state index in [1.54, 1.807) is 23.9 Å². The van der Waals surface area contributed by atoms with Crippen molar-refractivity contribution in [3.8, 4) is 11.3 Å². The highest BCUT2D eigenvalue weighted by Crippen LogP contribution is 2.49. The molecule has 0 bridgehead atoms. The minimum atomic E-state index is -3.78. The molecule has 1 aromatic carbocycles. The number of aromatic nitrogens is 3. The van der Waals surface area contributed by atoms with E-state index < -0.39 is 52.4 Å². The molecule has 1 aliphatic heterocycles. The highest BCUT2D eigenvalue weighted by atomic mass is 32.2. The standard InChI is InChI=1S/C25H23F4N5O3S/c1-12-6-17(33-34(12)2)13-4-5-16(22(7-13)38(3,36)37)31-18-8-14(9-21(35)15-11-25(15,28)29)30-19-10-20(24(26)27)32-23(18)19/h4-8,15,24H,9-11H2,1-3H3,(H,30,31). The van der Waals surface area contributed by atoms with Crippen molar-refractivity contribution in [2.45, 2.75) is 43.4 Å². The molecule has 1 N–H and O–H groups in total. The molecular weight excluding hydrogens is 526 g/mol. The van der Waals surface area contributed by atoms with Gasteiger partial charge in [-0.3, -0.25) is 14.5 Å². The Bertz CT molecular complexity index is 1600. The number of nitrogens with one attached hydrogen (secondary N) is 1. The third kappa shape index (κ3) is 4.94. The van der Waals surface area contributed by atoms with Gasteiger partial charge in [-0.25, -0.2) is 31.0 Å². The number of pyridine rings is 1. The van der Waals surface area contributed by atoms with Crippen molar-refractivity contribution < 1.29 is 30.8 Å². The van der Waals surface area contributed by atoms with Gasteiger partial charge in [0.15, 0.2) is 9.84 Å². The number of carbonyl (C=O) groups is 1. The second-order valence-electron chi connectivity index (χ2n) is 9.60. The number of aryl methyl sites for hydroxylation is 2. The van der Waals surface area contributed by atoms with Gasteiger partial charge in [-0.15, -0.1) is 0 Å². The van der Waals surface area contributed by atoms with E-state index in [-0.39, 0.29) is 39.8 Å². The van der Waals surface area contributed by atoms with Gasteiger partial charge in [-0.2, -0.15) is 5.10 Å². The number of anilines is 2. The van der Waals surface area contributed by atoms with Crippen LogP contribution in [0.1, 0.15) is 23.5 Å². The summed E-state index contributed by atoms with van der Waals surface area (Å²) in [7, 11) is -2.02. The molecule has 13 heteroatoms. The van der Waals surface area contributed by atoms with Crippen molar-refractivity contribution in [1.82, 2.24) is 14.8 Å². The Balaban J connectivity index is 1.55. The number of fused-ring (bicyclic) bond motifs is 1. The Morgan fingerprint density at radius 1 is 1.21 bits per heavy atom. The first kappa shape index (κ1) is 26.0. The summed E-state index contributed by atoms with van der Waals surface area (Å²) in [5, 5.41) is 7.33. The van der Waals surface area contributed by atoms with Gasteiger partial charge in [0.1, 0.15) is 11.5 Å². The van der Waals surface area contributed by atoms with E-state index in [1.165, 1.54) is 18.2 Å². The summed E-state index contributed by atoms with van der Waals surface area (Å²) in [6.07, 6.45) is -3.03. The number of aliphatic imine (C=N–C) groups is 1. The molecule has 1 atom stereocenters. The number of hydrogen-bond donors (Lipinski definition) is 1. The lowest BCUT2D eigenvalue weighted by atomic mass is 10.1. The third-order valence-corrected chi connectivity index (χ3v) is 7.74. The van der Waals surface area contributed by atoms with Gasteiger partial charge >= 0.3 is 0 Å². The minimum Gasteiger partial charge on any atom is -0.353 e. The van der Waals surface area contributed by atoms with Gasteiger partial charge in [0.05, 0.1) is 45.0 Å². The zero-order valence-electron chi connectivity index (χ0n) is 20.6. The average molecular weight is 550 g/mol. The second kappa shape index (κ2) is 9.00. The van der Waals surface area contributed by atoms with Crippen LogP contribution in [0, 0.1) is 12.8 Å². The Hall–Kier alpha value is -3.61. The molecule has 200 valence electrons. The molecule has 8 nitrogen and oxygen atoms in total. The van der Waals surface area contributed by atoms with Crippen LogP contribution in [0.5, 0.6) is 0 Å². The lowest BCUT2D eigenvalue weighted by Crippen LogP contribution is -2.13. The van der Waals surface area contributed by atoms with Crippen molar-refractivity contribution in [1.29, 1.82) is 0 Å². The number of ketones is 1. The Kier molecular flexibility index (Phi) is 6.16.